The largest absolute Gasteiger partial charge is 0.367 e. The van der Waals surface area contributed by atoms with E-state index >= 15 is 0 Å². The Morgan fingerprint density at radius 2 is 2.15 bits per heavy atom. The molecule has 20 heavy (non-hydrogen) atoms. The standard InChI is InChI=1S/C14H12F2N2OS/c15-9-4-5-11(16)8(6-9)7-20-13-10-2-1-3-12(10)17-14(19)18-13/h4-6,10H,1-3,7H2. The van der Waals surface area contributed by atoms with Crippen LogP contribution in [-0.2, 0) is 5.75 Å². The lowest BCUT2D eigenvalue weighted by molar-refractivity contribution is 0.256. The van der Waals surface area contributed by atoms with Crippen molar-refractivity contribution in [2.45, 2.75) is 25.0 Å². The van der Waals surface area contributed by atoms with Crippen LogP contribution in [0.25, 0.3) is 0 Å². The van der Waals surface area contributed by atoms with Crippen LogP contribution in [0.1, 0.15) is 24.8 Å². The predicted octanol–water partition coefficient (Wildman–Crippen LogP) is 3.97. The number of hydrogen-bond donors (Lipinski definition) is 0. The SMILES string of the molecule is O=C1N=C2CCCC2C(SCc2cc(F)ccc2F)=N1. The van der Waals surface area contributed by atoms with Gasteiger partial charge in [-0.1, -0.05) is 0 Å². The van der Waals surface area contributed by atoms with Crippen molar-refractivity contribution in [3.05, 3.63) is 35.4 Å². The van der Waals surface area contributed by atoms with Gasteiger partial charge in [0, 0.05) is 22.9 Å². The Hall–Kier alpha value is -1.56. The first kappa shape index (κ1) is 13.4. The van der Waals surface area contributed by atoms with Gasteiger partial charge in [-0.05, 0) is 37.5 Å². The zero-order chi connectivity index (χ0) is 14.1. The predicted molar refractivity (Wildman–Crippen MR) is 75.3 cm³/mol. The number of urea groups is 1. The van der Waals surface area contributed by atoms with Crippen LogP contribution in [0.5, 0.6) is 0 Å². The summed E-state index contributed by atoms with van der Waals surface area (Å²) in [6, 6.07) is 2.89. The van der Waals surface area contributed by atoms with Gasteiger partial charge in [0.15, 0.2) is 0 Å². The van der Waals surface area contributed by atoms with Gasteiger partial charge in [-0.3, -0.25) is 0 Å². The first-order valence-corrected chi connectivity index (χ1v) is 7.39. The number of halogens is 2. The summed E-state index contributed by atoms with van der Waals surface area (Å²) in [7, 11) is 0. The minimum atomic E-state index is -0.486. The van der Waals surface area contributed by atoms with Gasteiger partial charge in [0.2, 0.25) is 0 Å². The van der Waals surface area contributed by atoms with Crippen LogP contribution in [-0.4, -0.2) is 16.8 Å². The third-order valence-electron chi connectivity index (χ3n) is 3.45. The van der Waals surface area contributed by atoms with Crippen molar-refractivity contribution >= 4 is 28.5 Å². The van der Waals surface area contributed by atoms with Gasteiger partial charge >= 0.3 is 6.03 Å². The second kappa shape index (κ2) is 5.44. The number of aliphatic imine (C=N–C) groups is 2. The average Bonchev–Trinajstić information content (AvgIpc) is 2.87. The fourth-order valence-corrected chi connectivity index (χ4v) is 3.61. The molecule has 3 rings (SSSR count). The van der Waals surface area contributed by atoms with Gasteiger partial charge < -0.3 is 0 Å². The monoisotopic (exact) mass is 294 g/mol. The maximum absolute atomic E-state index is 13.6. The van der Waals surface area contributed by atoms with Crippen molar-refractivity contribution in [2.75, 3.05) is 0 Å². The lowest BCUT2D eigenvalue weighted by atomic mass is 10.1. The van der Waals surface area contributed by atoms with Gasteiger partial charge in [0.25, 0.3) is 0 Å². The highest BCUT2D eigenvalue weighted by molar-refractivity contribution is 8.13. The second-order valence-electron chi connectivity index (χ2n) is 4.80. The number of hydrogen-bond acceptors (Lipinski definition) is 2. The Balaban J connectivity index is 1.75. The molecule has 1 aliphatic carbocycles. The van der Waals surface area contributed by atoms with Crippen LogP contribution in [0.2, 0.25) is 0 Å². The molecule has 0 radical (unpaired) electrons. The summed E-state index contributed by atoms with van der Waals surface area (Å²) >= 11 is 1.30. The van der Waals surface area contributed by atoms with E-state index in [1.807, 2.05) is 0 Å². The van der Waals surface area contributed by atoms with Crippen LogP contribution >= 0.6 is 11.8 Å². The molecule has 1 fully saturated rings. The normalized spacial score (nSPS) is 21.5. The van der Waals surface area contributed by atoms with E-state index in [-0.39, 0.29) is 17.2 Å². The van der Waals surface area contributed by atoms with E-state index in [0.29, 0.717) is 5.04 Å². The number of carbonyl (C=O) groups excluding carboxylic acids is 1. The fraction of sp³-hybridized carbons (Fsp3) is 0.357. The van der Waals surface area contributed by atoms with E-state index in [4.69, 9.17) is 0 Å². The van der Waals surface area contributed by atoms with Gasteiger partial charge in [-0.15, -0.1) is 11.8 Å². The Labute approximate surface area is 119 Å². The Morgan fingerprint density at radius 3 is 3.00 bits per heavy atom. The summed E-state index contributed by atoms with van der Waals surface area (Å²) in [6.45, 7) is 0. The molecule has 1 unspecified atom stereocenters. The molecule has 0 aromatic heterocycles. The van der Waals surface area contributed by atoms with Crippen LogP contribution in [0.15, 0.2) is 28.2 Å². The summed E-state index contributed by atoms with van der Waals surface area (Å²) in [5.41, 5.74) is 1.17. The highest BCUT2D eigenvalue weighted by Gasteiger charge is 2.31. The van der Waals surface area contributed by atoms with Crippen molar-refractivity contribution < 1.29 is 13.6 Å². The topological polar surface area (TPSA) is 41.8 Å². The molecule has 1 atom stereocenters. The maximum Gasteiger partial charge on any atom is 0.367 e. The van der Waals surface area contributed by atoms with Gasteiger partial charge in [-0.2, -0.15) is 4.99 Å². The summed E-state index contributed by atoms with van der Waals surface area (Å²) in [6.07, 6.45) is 2.73. The molecular weight excluding hydrogens is 282 g/mol. The number of thioether (sulfide) groups is 1. The molecule has 1 aromatic rings. The number of nitrogens with zero attached hydrogens (tertiary/aromatic N) is 2. The van der Waals surface area contributed by atoms with Crippen molar-refractivity contribution in [3.8, 4) is 0 Å². The smallest absolute Gasteiger partial charge is 0.244 e. The lowest BCUT2D eigenvalue weighted by Crippen LogP contribution is -2.22. The molecule has 1 heterocycles. The molecule has 6 heteroatoms. The number of carbonyl (C=O) groups is 1. The first-order chi connectivity index (χ1) is 9.63. The molecule has 1 aliphatic heterocycles. The number of rotatable bonds is 2. The second-order valence-corrected chi connectivity index (χ2v) is 5.80. The van der Waals surface area contributed by atoms with E-state index in [0.717, 1.165) is 37.1 Å². The maximum atomic E-state index is 13.6. The average molecular weight is 294 g/mol. The summed E-state index contributed by atoms with van der Waals surface area (Å²) < 4.78 is 26.7. The van der Waals surface area contributed by atoms with E-state index in [1.54, 1.807) is 0 Å². The summed E-state index contributed by atoms with van der Waals surface area (Å²) in [5, 5.41) is 0.682. The zero-order valence-corrected chi connectivity index (χ0v) is 11.4. The van der Waals surface area contributed by atoms with E-state index in [9.17, 15) is 13.6 Å². The van der Waals surface area contributed by atoms with Crippen molar-refractivity contribution in [2.24, 2.45) is 15.9 Å². The summed E-state index contributed by atoms with van der Waals surface area (Å²) in [4.78, 5) is 19.3. The minimum absolute atomic E-state index is 0.0920. The molecule has 0 bridgehead atoms. The van der Waals surface area contributed by atoms with Crippen molar-refractivity contribution in [3.63, 3.8) is 0 Å². The number of benzene rings is 1. The number of amides is 2. The Kier molecular flexibility index (Phi) is 3.65. The summed E-state index contributed by atoms with van der Waals surface area (Å²) in [5.74, 6) is -0.553. The molecule has 2 amide bonds. The van der Waals surface area contributed by atoms with Crippen LogP contribution < -0.4 is 0 Å². The Bertz CT molecular complexity index is 628. The van der Waals surface area contributed by atoms with Crippen molar-refractivity contribution in [1.82, 2.24) is 0 Å². The van der Waals surface area contributed by atoms with E-state index < -0.39 is 17.7 Å². The van der Waals surface area contributed by atoms with Gasteiger partial charge in [0.05, 0.1) is 5.04 Å². The third kappa shape index (κ3) is 2.65. The highest BCUT2D eigenvalue weighted by Crippen LogP contribution is 2.33. The van der Waals surface area contributed by atoms with Crippen LogP contribution in [0.4, 0.5) is 13.6 Å². The molecule has 2 aliphatic rings. The molecule has 0 spiro atoms. The molecule has 104 valence electrons. The molecule has 1 aromatic carbocycles. The Morgan fingerprint density at radius 1 is 1.30 bits per heavy atom. The third-order valence-corrected chi connectivity index (χ3v) is 4.58. The molecular formula is C14H12F2N2OS. The lowest BCUT2D eigenvalue weighted by Gasteiger charge is -2.16. The van der Waals surface area contributed by atoms with Gasteiger partial charge in [-0.25, -0.2) is 18.6 Å². The molecule has 1 saturated carbocycles. The van der Waals surface area contributed by atoms with E-state index in [2.05, 4.69) is 9.98 Å². The minimum Gasteiger partial charge on any atom is -0.244 e. The highest BCUT2D eigenvalue weighted by atomic mass is 32.2. The fourth-order valence-electron chi connectivity index (χ4n) is 2.49. The van der Waals surface area contributed by atoms with E-state index in [1.165, 1.54) is 17.8 Å². The molecule has 3 nitrogen and oxygen atoms in total. The molecule has 0 saturated heterocycles. The molecule has 0 N–H and O–H groups in total. The number of fused-ring (bicyclic) bond motifs is 1. The quantitative estimate of drug-likeness (QED) is 0.828. The van der Waals surface area contributed by atoms with Crippen LogP contribution in [0.3, 0.4) is 0 Å². The van der Waals surface area contributed by atoms with Crippen molar-refractivity contribution in [1.29, 1.82) is 0 Å². The van der Waals surface area contributed by atoms with Crippen LogP contribution in [0, 0.1) is 17.6 Å². The van der Waals surface area contributed by atoms with Gasteiger partial charge in [0.1, 0.15) is 11.6 Å². The first-order valence-electron chi connectivity index (χ1n) is 6.40. The zero-order valence-electron chi connectivity index (χ0n) is 10.6.